The maximum atomic E-state index is 13.0. The average Bonchev–Trinajstić information content (AvgIpc) is 3.26. The highest BCUT2D eigenvalue weighted by atomic mass is 16.5. The van der Waals surface area contributed by atoms with Gasteiger partial charge in [-0.15, -0.1) is 0 Å². The predicted octanol–water partition coefficient (Wildman–Crippen LogP) is 0.669. The zero-order valence-corrected chi connectivity index (χ0v) is 13.5. The van der Waals surface area contributed by atoms with E-state index < -0.39 is 41.3 Å². The number of aliphatic hydroxyl groups is 1. The van der Waals surface area contributed by atoms with Crippen molar-refractivity contribution in [3.05, 3.63) is 42.0 Å². The van der Waals surface area contributed by atoms with E-state index in [0.29, 0.717) is 0 Å². The van der Waals surface area contributed by atoms with E-state index in [1.165, 1.54) is 6.07 Å². The number of nitrogens with zero attached hydrogens (tertiary/aromatic N) is 1. The second-order valence-corrected chi connectivity index (χ2v) is 6.31. The van der Waals surface area contributed by atoms with E-state index in [2.05, 4.69) is 0 Å². The van der Waals surface area contributed by atoms with E-state index in [4.69, 9.17) is 9.47 Å². The van der Waals surface area contributed by atoms with E-state index in [1.54, 1.807) is 37.3 Å². The molecule has 7 nitrogen and oxygen atoms in total. The molecule has 7 heteroatoms. The number of esters is 1. The fraction of sp³-hybridized carbons (Fsp3) is 0.389. The first-order valence-electron chi connectivity index (χ1n) is 8.16. The number of fused-ring (bicyclic) bond motifs is 5. The summed E-state index contributed by atoms with van der Waals surface area (Å²) in [6.07, 6.45) is 2.84. The Morgan fingerprint density at radius 2 is 2.08 bits per heavy atom. The number of hydrogen-bond donors (Lipinski definition) is 1. The number of aliphatic hydroxyl groups excluding tert-OH is 1. The standard InChI is InChI=1S/C18H17NO6/c1-2-24-17(23)10-5-3-4-6-11(10)19-15(21)13-12-7-8-18(9-20,25-12)14(13)16(19)22/h3-8,12-14,20H,2,9H2,1H3/t12-,13+,14+,18+/m1/s1. The van der Waals surface area contributed by atoms with Crippen LogP contribution in [-0.2, 0) is 19.1 Å². The van der Waals surface area contributed by atoms with Gasteiger partial charge in [0.05, 0.1) is 42.4 Å². The van der Waals surface area contributed by atoms with Crippen molar-refractivity contribution in [3.63, 3.8) is 0 Å². The molecular weight excluding hydrogens is 326 g/mol. The summed E-state index contributed by atoms with van der Waals surface area (Å²) < 4.78 is 10.7. The lowest BCUT2D eigenvalue weighted by molar-refractivity contribution is -0.128. The lowest BCUT2D eigenvalue weighted by Gasteiger charge is -2.26. The van der Waals surface area contributed by atoms with Gasteiger partial charge in [0.1, 0.15) is 5.60 Å². The van der Waals surface area contributed by atoms with Gasteiger partial charge in [-0.3, -0.25) is 9.59 Å². The quantitative estimate of drug-likeness (QED) is 0.491. The average molecular weight is 343 g/mol. The number of carbonyl (C=O) groups excluding carboxylic acids is 3. The lowest BCUT2D eigenvalue weighted by Crippen LogP contribution is -2.43. The monoisotopic (exact) mass is 343 g/mol. The summed E-state index contributed by atoms with van der Waals surface area (Å²) in [7, 11) is 0. The highest BCUT2D eigenvalue weighted by Gasteiger charge is 2.67. The third kappa shape index (κ3) is 2.03. The van der Waals surface area contributed by atoms with Gasteiger partial charge in [0.15, 0.2) is 0 Å². The topological polar surface area (TPSA) is 93.1 Å². The Bertz CT molecular complexity index is 803. The van der Waals surface area contributed by atoms with Crippen LogP contribution in [-0.4, -0.2) is 47.8 Å². The normalized spacial score (nSPS) is 32.4. The summed E-state index contributed by atoms with van der Waals surface area (Å²) in [5.41, 5.74) is -0.793. The van der Waals surface area contributed by atoms with Crippen LogP contribution in [0.5, 0.6) is 0 Å². The first-order valence-corrected chi connectivity index (χ1v) is 8.16. The summed E-state index contributed by atoms with van der Waals surface area (Å²) in [6.45, 7) is 1.49. The number of imide groups is 1. The number of anilines is 1. The van der Waals surface area contributed by atoms with Crippen molar-refractivity contribution >= 4 is 23.5 Å². The molecule has 3 aliphatic rings. The van der Waals surface area contributed by atoms with Gasteiger partial charge in [-0.2, -0.15) is 0 Å². The Kier molecular flexibility index (Phi) is 3.52. The SMILES string of the molecule is CCOC(=O)c1ccccc1N1C(=O)[C@@H]2[C@@H](C1=O)[C@@]1(CO)C=C[C@H]2O1. The molecule has 0 aromatic heterocycles. The van der Waals surface area contributed by atoms with E-state index in [9.17, 15) is 19.5 Å². The zero-order valence-electron chi connectivity index (χ0n) is 13.5. The fourth-order valence-electron chi connectivity index (χ4n) is 3.97. The largest absolute Gasteiger partial charge is 0.462 e. The summed E-state index contributed by atoms with van der Waals surface area (Å²) in [4.78, 5) is 39.2. The van der Waals surface area contributed by atoms with Crippen molar-refractivity contribution in [2.45, 2.75) is 18.6 Å². The molecule has 0 unspecified atom stereocenters. The second-order valence-electron chi connectivity index (χ2n) is 6.31. The molecular formula is C18H17NO6. The number of ether oxygens (including phenoxy) is 2. The molecule has 4 rings (SSSR count). The van der Waals surface area contributed by atoms with Gasteiger partial charge in [-0.25, -0.2) is 9.69 Å². The van der Waals surface area contributed by atoms with Gasteiger partial charge in [0.2, 0.25) is 11.8 Å². The predicted molar refractivity (Wildman–Crippen MR) is 85.7 cm³/mol. The van der Waals surface area contributed by atoms with Crippen LogP contribution in [0.25, 0.3) is 0 Å². The lowest BCUT2D eigenvalue weighted by atomic mass is 9.77. The number of benzene rings is 1. The summed E-state index contributed by atoms with van der Waals surface area (Å²) >= 11 is 0. The van der Waals surface area contributed by atoms with Crippen LogP contribution in [0.2, 0.25) is 0 Å². The molecule has 0 aliphatic carbocycles. The van der Waals surface area contributed by atoms with Crippen molar-refractivity contribution in [2.24, 2.45) is 11.8 Å². The number of hydrogen-bond acceptors (Lipinski definition) is 6. The summed E-state index contributed by atoms with van der Waals surface area (Å²) in [5.74, 6) is -2.94. The van der Waals surface area contributed by atoms with Gasteiger partial charge in [-0.05, 0) is 19.1 Å². The van der Waals surface area contributed by atoms with Crippen LogP contribution in [0, 0.1) is 11.8 Å². The van der Waals surface area contributed by atoms with Crippen molar-refractivity contribution in [1.82, 2.24) is 0 Å². The molecule has 25 heavy (non-hydrogen) atoms. The molecule has 130 valence electrons. The van der Waals surface area contributed by atoms with E-state index >= 15 is 0 Å². The Morgan fingerprint density at radius 1 is 1.32 bits per heavy atom. The molecule has 0 spiro atoms. The van der Waals surface area contributed by atoms with E-state index in [1.807, 2.05) is 0 Å². The van der Waals surface area contributed by atoms with Gasteiger partial charge in [0.25, 0.3) is 0 Å². The smallest absolute Gasteiger partial charge is 0.340 e. The maximum Gasteiger partial charge on any atom is 0.340 e. The number of para-hydroxylation sites is 1. The Balaban J connectivity index is 1.76. The third-order valence-electron chi connectivity index (χ3n) is 5.04. The minimum Gasteiger partial charge on any atom is -0.462 e. The Labute approximate surface area is 143 Å². The molecule has 4 atom stereocenters. The molecule has 2 saturated heterocycles. The number of carbonyl (C=O) groups is 3. The minimum absolute atomic E-state index is 0.158. The first kappa shape index (κ1) is 16.0. The van der Waals surface area contributed by atoms with E-state index in [-0.39, 0.29) is 24.5 Å². The van der Waals surface area contributed by atoms with Crippen LogP contribution >= 0.6 is 0 Å². The summed E-state index contributed by atoms with van der Waals surface area (Å²) in [6, 6.07) is 6.36. The van der Waals surface area contributed by atoms with Gasteiger partial charge < -0.3 is 14.6 Å². The maximum absolute atomic E-state index is 13.0. The van der Waals surface area contributed by atoms with Crippen molar-refractivity contribution < 1.29 is 29.0 Å². The molecule has 3 aliphatic heterocycles. The van der Waals surface area contributed by atoms with Gasteiger partial charge in [-0.1, -0.05) is 24.3 Å². The minimum atomic E-state index is -1.16. The number of rotatable bonds is 4. The van der Waals surface area contributed by atoms with Crippen LogP contribution in [0.3, 0.4) is 0 Å². The van der Waals surface area contributed by atoms with Crippen LogP contribution < -0.4 is 4.90 Å². The van der Waals surface area contributed by atoms with E-state index in [0.717, 1.165) is 4.90 Å². The van der Waals surface area contributed by atoms with Crippen LogP contribution in [0.1, 0.15) is 17.3 Å². The molecule has 1 aromatic carbocycles. The third-order valence-corrected chi connectivity index (χ3v) is 5.04. The van der Waals surface area contributed by atoms with Gasteiger partial charge >= 0.3 is 5.97 Å². The molecule has 0 saturated carbocycles. The fourth-order valence-corrected chi connectivity index (χ4v) is 3.97. The molecule has 3 heterocycles. The van der Waals surface area contributed by atoms with Crippen molar-refractivity contribution in [3.8, 4) is 0 Å². The molecule has 1 N–H and O–H groups in total. The summed E-state index contributed by atoms with van der Waals surface area (Å²) in [5, 5.41) is 9.73. The highest BCUT2D eigenvalue weighted by Crippen LogP contribution is 2.52. The molecule has 2 bridgehead atoms. The molecule has 2 fully saturated rings. The Hall–Kier alpha value is -2.51. The molecule has 0 radical (unpaired) electrons. The molecule has 1 aromatic rings. The number of amides is 2. The second kappa shape index (κ2) is 5.50. The van der Waals surface area contributed by atoms with Crippen LogP contribution in [0.15, 0.2) is 36.4 Å². The molecule has 2 amide bonds. The first-order chi connectivity index (χ1) is 12.0. The van der Waals surface area contributed by atoms with Gasteiger partial charge in [0, 0.05) is 0 Å². The Morgan fingerprint density at radius 3 is 2.80 bits per heavy atom. The zero-order chi connectivity index (χ0) is 17.8. The van der Waals surface area contributed by atoms with Crippen LogP contribution in [0.4, 0.5) is 5.69 Å². The van der Waals surface area contributed by atoms with Crippen molar-refractivity contribution in [1.29, 1.82) is 0 Å². The highest BCUT2D eigenvalue weighted by molar-refractivity contribution is 6.25. The van der Waals surface area contributed by atoms with Crippen molar-refractivity contribution in [2.75, 3.05) is 18.1 Å².